The Hall–Kier alpha value is -1.88. The number of thiocarbonyl (C=S) groups is 2. The lowest BCUT2D eigenvalue weighted by atomic mass is 9.90. The molecule has 3 rings (SSSR count). The predicted molar refractivity (Wildman–Crippen MR) is 141 cm³/mol. The molecule has 2 amide bonds. The van der Waals surface area contributed by atoms with E-state index >= 15 is 0 Å². The maximum atomic E-state index is 12.5. The lowest BCUT2D eigenvalue weighted by Gasteiger charge is -2.34. The highest BCUT2D eigenvalue weighted by molar-refractivity contribution is 9.10. The summed E-state index contributed by atoms with van der Waals surface area (Å²) in [6, 6.07) is 14.2. The first-order chi connectivity index (χ1) is 15.3. The van der Waals surface area contributed by atoms with Crippen molar-refractivity contribution >= 4 is 78.3 Å². The maximum absolute atomic E-state index is 12.5. The van der Waals surface area contributed by atoms with E-state index in [2.05, 4.69) is 53.1 Å². The Labute approximate surface area is 214 Å². The van der Waals surface area contributed by atoms with E-state index in [1.54, 1.807) is 36.4 Å². The summed E-state index contributed by atoms with van der Waals surface area (Å²) < 4.78 is 1.40. The highest BCUT2D eigenvalue weighted by Gasteiger charge is 2.27. The molecule has 1 aliphatic rings. The molecule has 0 unspecified atom stereocenters. The number of benzene rings is 2. The van der Waals surface area contributed by atoms with E-state index in [-0.39, 0.29) is 34.1 Å². The van der Waals surface area contributed by atoms with Gasteiger partial charge in [-0.1, -0.05) is 37.1 Å². The van der Waals surface area contributed by atoms with Crippen molar-refractivity contribution in [3.63, 3.8) is 0 Å². The van der Waals surface area contributed by atoms with Gasteiger partial charge in [0.05, 0.1) is 11.1 Å². The topological polar surface area (TPSA) is 82.3 Å². The van der Waals surface area contributed by atoms with Gasteiger partial charge in [0.1, 0.15) is 0 Å². The fourth-order valence-electron chi connectivity index (χ4n) is 3.52. The summed E-state index contributed by atoms with van der Waals surface area (Å²) in [4.78, 5) is 25.0. The summed E-state index contributed by atoms with van der Waals surface area (Å²) in [5, 5.41) is 12.4. The lowest BCUT2D eigenvalue weighted by Crippen LogP contribution is -2.57. The zero-order chi connectivity index (χ0) is 23.1. The molecule has 168 valence electrons. The number of hydrogen-bond acceptors (Lipinski definition) is 4. The molecule has 2 aromatic carbocycles. The molecule has 2 aromatic rings. The van der Waals surface area contributed by atoms with Crippen LogP contribution in [0.5, 0.6) is 0 Å². The Kier molecular flexibility index (Phi) is 9.15. The lowest BCUT2D eigenvalue weighted by molar-refractivity contribution is 0.0966. The second-order valence-electron chi connectivity index (χ2n) is 7.31. The Morgan fingerprint density at radius 1 is 0.719 bits per heavy atom. The van der Waals surface area contributed by atoms with Crippen LogP contribution in [0, 0.1) is 0 Å². The Bertz CT molecular complexity index is 953. The van der Waals surface area contributed by atoms with Crippen LogP contribution in [0.15, 0.2) is 57.5 Å². The van der Waals surface area contributed by atoms with E-state index in [0.29, 0.717) is 20.1 Å². The minimum atomic E-state index is -0.286. The molecular weight excluding hydrogens is 576 g/mol. The van der Waals surface area contributed by atoms with Crippen molar-refractivity contribution in [1.29, 1.82) is 0 Å². The zero-order valence-electron chi connectivity index (χ0n) is 17.0. The van der Waals surface area contributed by atoms with Crippen molar-refractivity contribution in [3.8, 4) is 0 Å². The van der Waals surface area contributed by atoms with Crippen molar-refractivity contribution in [2.75, 3.05) is 0 Å². The van der Waals surface area contributed by atoms with Crippen LogP contribution >= 0.6 is 56.3 Å². The largest absolute Gasteiger partial charge is 0.358 e. The number of halogens is 2. The predicted octanol–water partition coefficient (Wildman–Crippen LogP) is 4.43. The van der Waals surface area contributed by atoms with Gasteiger partial charge in [-0.3, -0.25) is 20.2 Å². The number of nitrogens with one attached hydrogen (secondary N) is 4. The van der Waals surface area contributed by atoms with Crippen LogP contribution in [0.4, 0.5) is 0 Å². The van der Waals surface area contributed by atoms with Gasteiger partial charge in [0, 0.05) is 21.0 Å². The number of carbonyl (C=O) groups is 2. The van der Waals surface area contributed by atoms with Crippen LogP contribution in [0.25, 0.3) is 0 Å². The molecule has 0 aliphatic heterocycles. The highest BCUT2D eigenvalue weighted by Crippen LogP contribution is 2.20. The molecule has 10 heteroatoms. The molecule has 0 spiro atoms. The number of amides is 2. The van der Waals surface area contributed by atoms with Crippen molar-refractivity contribution in [1.82, 2.24) is 21.3 Å². The maximum Gasteiger partial charge on any atom is 0.258 e. The van der Waals surface area contributed by atoms with E-state index in [1.807, 2.05) is 12.1 Å². The standard InChI is InChI=1S/C22H22Br2N4O2S2/c23-15-9-3-1-7-13(15)19(29)27-21(31)25-17-11-5-6-12-18(17)26-22(32)28-20(30)14-8-2-4-10-16(14)24/h1-4,7-10,17-18H,5-6,11-12H2,(H2,25,27,29,31)(H2,26,28,30,32)/t17-,18-/m1/s1. The van der Waals surface area contributed by atoms with E-state index < -0.39 is 0 Å². The molecule has 6 nitrogen and oxygen atoms in total. The van der Waals surface area contributed by atoms with Crippen molar-refractivity contribution < 1.29 is 9.59 Å². The van der Waals surface area contributed by atoms with Crippen LogP contribution < -0.4 is 21.3 Å². The van der Waals surface area contributed by atoms with E-state index in [9.17, 15) is 9.59 Å². The van der Waals surface area contributed by atoms with Gasteiger partial charge >= 0.3 is 0 Å². The third kappa shape index (κ3) is 6.81. The van der Waals surface area contributed by atoms with Gasteiger partial charge in [0.15, 0.2) is 10.2 Å². The molecule has 1 fully saturated rings. The quantitative estimate of drug-likeness (QED) is 0.390. The first-order valence-corrected chi connectivity index (χ1v) is 12.5. The smallest absolute Gasteiger partial charge is 0.258 e. The molecule has 0 heterocycles. The average molecular weight is 598 g/mol. The molecule has 0 aromatic heterocycles. The summed E-state index contributed by atoms with van der Waals surface area (Å²) in [5.74, 6) is -0.571. The minimum absolute atomic E-state index is 0.0333. The van der Waals surface area contributed by atoms with E-state index in [4.69, 9.17) is 24.4 Å². The van der Waals surface area contributed by atoms with Gasteiger partial charge in [0.25, 0.3) is 11.8 Å². The zero-order valence-corrected chi connectivity index (χ0v) is 21.8. The van der Waals surface area contributed by atoms with Crippen LogP contribution in [0.2, 0.25) is 0 Å². The summed E-state index contributed by atoms with van der Waals surface area (Å²) in [6.45, 7) is 0. The van der Waals surface area contributed by atoms with Crippen LogP contribution in [-0.4, -0.2) is 34.1 Å². The molecule has 4 N–H and O–H groups in total. The molecule has 0 saturated heterocycles. The summed E-state index contributed by atoms with van der Waals surface area (Å²) in [5.41, 5.74) is 1.01. The number of carbonyl (C=O) groups excluding carboxylic acids is 2. The summed E-state index contributed by atoms with van der Waals surface area (Å²) >= 11 is 17.5. The van der Waals surface area contributed by atoms with Crippen molar-refractivity contribution in [3.05, 3.63) is 68.6 Å². The van der Waals surface area contributed by atoms with E-state index in [0.717, 1.165) is 25.7 Å². The molecule has 32 heavy (non-hydrogen) atoms. The highest BCUT2D eigenvalue weighted by atomic mass is 79.9. The monoisotopic (exact) mass is 596 g/mol. The fourth-order valence-corrected chi connectivity index (χ4v) is 4.93. The first-order valence-electron chi connectivity index (χ1n) is 10.1. The second kappa shape index (κ2) is 11.8. The second-order valence-corrected chi connectivity index (χ2v) is 9.84. The molecule has 2 atom stereocenters. The Morgan fingerprint density at radius 3 is 1.47 bits per heavy atom. The Morgan fingerprint density at radius 2 is 1.09 bits per heavy atom. The third-order valence-electron chi connectivity index (χ3n) is 5.09. The fraction of sp³-hybridized carbons (Fsp3) is 0.273. The van der Waals surface area contributed by atoms with Crippen LogP contribution in [0.1, 0.15) is 46.4 Å². The van der Waals surface area contributed by atoms with Gasteiger partial charge in [-0.2, -0.15) is 0 Å². The SMILES string of the molecule is O=C(NC(=S)N[C@@H]1CCCC[C@H]1NC(=S)NC(=O)c1ccccc1Br)c1ccccc1Br. The van der Waals surface area contributed by atoms with Crippen LogP contribution in [-0.2, 0) is 0 Å². The molecule has 1 saturated carbocycles. The summed E-state index contributed by atoms with van der Waals surface area (Å²) in [6.07, 6.45) is 3.80. The van der Waals surface area contributed by atoms with Gasteiger partial charge in [-0.05, 0) is 93.4 Å². The van der Waals surface area contributed by atoms with Crippen molar-refractivity contribution in [2.45, 2.75) is 37.8 Å². The number of hydrogen-bond donors (Lipinski definition) is 4. The molecule has 0 radical (unpaired) electrons. The van der Waals surface area contributed by atoms with Gasteiger partial charge in [-0.15, -0.1) is 0 Å². The van der Waals surface area contributed by atoms with Crippen LogP contribution in [0.3, 0.4) is 0 Å². The molecule has 0 bridgehead atoms. The van der Waals surface area contributed by atoms with Gasteiger partial charge < -0.3 is 10.6 Å². The summed E-state index contributed by atoms with van der Waals surface area (Å²) in [7, 11) is 0. The van der Waals surface area contributed by atoms with Gasteiger partial charge in [-0.25, -0.2) is 0 Å². The average Bonchev–Trinajstić information content (AvgIpc) is 2.75. The molecule has 1 aliphatic carbocycles. The van der Waals surface area contributed by atoms with Gasteiger partial charge in [0.2, 0.25) is 0 Å². The Balaban J connectivity index is 1.56. The molecular formula is C22H22Br2N4O2S2. The normalized spacial score (nSPS) is 17.7. The third-order valence-corrected chi connectivity index (χ3v) is 6.91. The first kappa shape index (κ1) is 24.8. The van der Waals surface area contributed by atoms with Crippen molar-refractivity contribution in [2.24, 2.45) is 0 Å². The number of rotatable bonds is 4. The minimum Gasteiger partial charge on any atom is -0.358 e. The van der Waals surface area contributed by atoms with E-state index in [1.165, 1.54) is 0 Å².